The summed E-state index contributed by atoms with van der Waals surface area (Å²) in [6.45, 7) is 31.0. The number of amides is 5. The van der Waals surface area contributed by atoms with E-state index in [0.29, 0.717) is 19.4 Å². The smallest absolute Gasteiger partial charge is 0.410 e. The van der Waals surface area contributed by atoms with Crippen molar-refractivity contribution in [2.45, 2.75) is 183 Å². The minimum atomic E-state index is -1.13. The van der Waals surface area contributed by atoms with Crippen LogP contribution in [-0.2, 0) is 45.9 Å². The number of carbonyl (C=O) groups excluding carboxylic acids is 6. The van der Waals surface area contributed by atoms with Gasteiger partial charge in [-0.2, -0.15) is 0 Å². The summed E-state index contributed by atoms with van der Waals surface area (Å²) in [4.78, 5) is 85.6. The van der Waals surface area contributed by atoms with Gasteiger partial charge in [0.25, 0.3) is 0 Å². The van der Waals surface area contributed by atoms with Gasteiger partial charge in [-0.1, -0.05) is 72.7 Å². The molecule has 15 heteroatoms. The first-order valence-corrected chi connectivity index (χ1v) is 22.7. The SMILES string of the molecule is C/C(=C\[C@H](C(C)C)N(C)C(=O)[C@@H](NC(=O)[C@@H](N(C)C(=O)OC(C)(C)C)C(C)(C)c1cn(C)c2ccccc12)C(C)(C)C)C(=O)NC(CCCCNC(=O)OC(C)(C)C)C(=O)OC(C)(C)C. The number of hydrogen-bond donors (Lipinski definition) is 3. The van der Waals surface area contributed by atoms with Crippen molar-refractivity contribution in [1.82, 2.24) is 30.3 Å². The third-order valence-corrected chi connectivity index (χ3v) is 10.8. The standard InChI is InChI=1S/C50H82N6O9/c1-31(2)37(29-32(3)40(57)52-35(43(60)63-47(7,8)9)26-23-24-28-51-44(61)64-48(10,11)12)55(19)42(59)38(46(4,5)6)53-41(58)39(56(20)45(62)65-49(13,14)15)50(16,17)34-30-54(18)36-27-22-21-25-33(34)36/h21-22,25,27,29-31,35,37-39H,23-24,26,28H2,1-20H3,(H,51,61)(H,52,57)(H,53,58)/b32-29+/t35?,37-,38-,39-/m1/s1. The molecule has 366 valence electrons. The van der Waals surface area contributed by atoms with Crippen LogP contribution in [0.25, 0.3) is 10.9 Å². The fourth-order valence-corrected chi connectivity index (χ4v) is 7.61. The Morgan fingerprint density at radius 3 is 1.83 bits per heavy atom. The average molecular weight is 911 g/mol. The predicted molar refractivity (Wildman–Crippen MR) is 256 cm³/mol. The predicted octanol–water partition coefficient (Wildman–Crippen LogP) is 8.17. The number of carbonyl (C=O) groups is 6. The highest BCUT2D eigenvalue weighted by Gasteiger charge is 2.47. The summed E-state index contributed by atoms with van der Waals surface area (Å²) in [5.41, 5.74) is -2.00. The molecule has 1 unspecified atom stereocenters. The molecule has 0 aliphatic carbocycles. The van der Waals surface area contributed by atoms with Gasteiger partial charge in [-0.15, -0.1) is 0 Å². The molecule has 65 heavy (non-hydrogen) atoms. The number of nitrogens with zero attached hydrogens (tertiary/aromatic N) is 3. The van der Waals surface area contributed by atoms with Gasteiger partial charge in [-0.25, -0.2) is 14.4 Å². The van der Waals surface area contributed by atoms with Gasteiger partial charge >= 0.3 is 18.2 Å². The minimum absolute atomic E-state index is 0.182. The normalized spacial score (nSPS) is 14.8. The molecule has 0 bridgehead atoms. The molecule has 0 spiro atoms. The third kappa shape index (κ3) is 16.7. The number of alkyl carbamates (subject to hydrolysis) is 1. The molecule has 1 heterocycles. The summed E-state index contributed by atoms with van der Waals surface area (Å²) in [5, 5.41) is 9.55. The molecule has 3 N–H and O–H groups in total. The van der Waals surface area contributed by atoms with Crippen LogP contribution in [0.2, 0.25) is 0 Å². The first kappa shape index (κ1) is 56.1. The molecule has 2 aromatic rings. The number of fused-ring (bicyclic) bond motifs is 1. The molecule has 15 nitrogen and oxygen atoms in total. The van der Waals surface area contributed by atoms with E-state index in [1.807, 2.05) is 90.5 Å². The van der Waals surface area contributed by atoms with E-state index in [1.54, 1.807) is 82.4 Å². The fraction of sp³-hybridized carbons (Fsp3) is 0.680. The highest BCUT2D eigenvalue weighted by Crippen LogP contribution is 2.37. The summed E-state index contributed by atoms with van der Waals surface area (Å²) in [5.74, 6) is -2.22. The summed E-state index contributed by atoms with van der Waals surface area (Å²) in [7, 11) is 5.11. The van der Waals surface area contributed by atoms with E-state index in [1.165, 1.54) is 16.8 Å². The van der Waals surface area contributed by atoms with Crippen molar-refractivity contribution >= 4 is 46.8 Å². The Labute approximate surface area is 389 Å². The first-order valence-electron chi connectivity index (χ1n) is 22.7. The number of rotatable bonds is 17. The topological polar surface area (TPSA) is 178 Å². The summed E-state index contributed by atoms with van der Waals surface area (Å²) >= 11 is 0. The van der Waals surface area contributed by atoms with Crippen LogP contribution >= 0.6 is 0 Å². The van der Waals surface area contributed by atoms with E-state index in [0.717, 1.165) is 16.5 Å². The van der Waals surface area contributed by atoms with Gasteiger partial charge in [0.15, 0.2) is 0 Å². The Bertz CT molecular complexity index is 2020. The lowest BCUT2D eigenvalue weighted by atomic mass is 9.76. The Morgan fingerprint density at radius 1 is 0.754 bits per heavy atom. The number of unbranched alkanes of at least 4 members (excludes halogenated alkanes) is 1. The molecule has 5 amide bonds. The molecular formula is C50H82N6O9. The lowest BCUT2D eigenvalue weighted by Crippen LogP contribution is -2.63. The highest BCUT2D eigenvalue weighted by molar-refractivity contribution is 5.97. The molecule has 0 aliphatic heterocycles. The van der Waals surface area contributed by atoms with Crippen LogP contribution in [0.5, 0.6) is 0 Å². The van der Waals surface area contributed by atoms with Gasteiger partial charge in [-0.3, -0.25) is 19.3 Å². The van der Waals surface area contributed by atoms with Crippen molar-refractivity contribution < 1.29 is 43.0 Å². The molecule has 0 aliphatic rings. The highest BCUT2D eigenvalue weighted by atomic mass is 16.6. The molecule has 0 radical (unpaired) electrons. The molecule has 4 atom stereocenters. The van der Waals surface area contributed by atoms with Crippen LogP contribution in [0.15, 0.2) is 42.1 Å². The maximum atomic E-state index is 14.9. The lowest BCUT2D eigenvalue weighted by molar-refractivity contribution is -0.158. The van der Waals surface area contributed by atoms with Crippen molar-refractivity contribution in [2.24, 2.45) is 18.4 Å². The van der Waals surface area contributed by atoms with E-state index in [4.69, 9.17) is 14.2 Å². The second kappa shape index (κ2) is 21.9. The van der Waals surface area contributed by atoms with Crippen LogP contribution in [0, 0.1) is 11.3 Å². The second-order valence-corrected chi connectivity index (χ2v) is 22.2. The van der Waals surface area contributed by atoms with Crippen molar-refractivity contribution in [2.75, 3.05) is 20.6 Å². The molecular weight excluding hydrogens is 829 g/mol. The monoisotopic (exact) mass is 911 g/mol. The largest absolute Gasteiger partial charge is 0.458 e. The number of aromatic nitrogens is 1. The van der Waals surface area contributed by atoms with Crippen LogP contribution in [0.1, 0.15) is 143 Å². The van der Waals surface area contributed by atoms with Crippen LogP contribution in [0.3, 0.4) is 0 Å². The van der Waals surface area contributed by atoms with Crippen molar-refractivity contribution in [3.8, 4) is 0 Å². The number of esters is 1. The van der Waals surface area contributed by atoms with Crippen molar-refractivity contribution in [1.29, 1.82) is 0 Å². The second-order valence-electron chi connectivity index (χ2n) is 22.2. The Kier molecular flexibility index (Phi) is 18.9. The number of aryl methyl sites for hydroxylation is 1. The zero-order chi connectivity index (χ0) is 50.2. The molecule has 1 aromatic heterocycles. The molecule has 0 fully saturated rings. The van der Waals surface area contributed by atoms with E-state index < -0.39 is 87.7 Å². The van der Waals surface area contributed by atoms with Crippen molar-refractivity contribution in [3.63, 3.8) is 0 Å². The molecule has 0 saturated heterocycles. The Balaban J connectivity index is 2.47. The maximum Gasteiger partial charge on any atom is 0.410 e. The van der Waals surface area contributed by atoms with Crippen LogP contribution in [-0.4, -0.2) is 112 Å². The molecule has 1 aromatic carbocycles. The number of likely N-dealkylation sites (N-methyl/N-ethyl adjacent to an activating group) is 2. The van der Waals surface area contributed by atoms with E-state index >= 15 is 0 Å². The van der Waals surface area contributed by atoms with Gasteiger partial charge in [0.2, 0.25) is 17.7 Å². The number of nitrogens with one attached hydrogen (secondary N) is 3. The summed E-state index contributed by atoms with van der Waals surface area (Å²) < 4.78 is 18.7. The van der Waals surface area contributed by atoms with Crippen molar-refractivity contribution in [3.05, 3.63) is 47.7 Å². The summed E-state index contributed by atoms with van der Waals surface area (Å²) in [6, 6.07) is 4.07. The zero-order valence-corrected chi connectivity index (χ0v) is 43.2. The number of hydrogen-bond acceptors (Lipinski definition) is 9. The molecule has 0 saturated carbocycles. The molecule has 2 rings (SSSR count). The lowest BCUT2D eigenvalue weighted by Gasteiger charge is -2.42. The number of para-hydroxylation sites is 1. The fourth-order valence-electron chi connectivity index (χ4n) is 7.61. The van der Waals surface area contributed by atoms with E-state index in [2.05, 4.69) is 16.0 Å². The van der Waals surface area contributed by atoms with Gasteiger partial charge < -0.3 is 39.6 Å². The first-order chi connectivity index (χ1) is 29.5. The van der Waals surface area contributed by atoms with Gasteiger partial charge in [0, 0.05) is 55.8 Å². The minimum Gasteiger partial charge on any atom is -0.458 e. The van der Waals surface area contributed by atoms with E-state index in [-0.39, 0.29) is 17.9 Å². The summed E-state index contributed by atoms with van der Waals surface area (Å²) in [6.07, 6.45) is 3.70. The zero-order valence-electron chi connectivity index (χ0n) is 43.2. The van der Waals surface area contributed by atoms with E-state index in [9.17, 15) is 28.8 Å². The van der Waals surface area contributed by atoms with Gasteiger partial charge in [-0.05, 0) is 111 Å². The third-order valence-electron chi connectivity index (χ3n) is 10.8. The van der Waals surface area contributed by atoms with Gasteiger partial charge in [0.1, 0.15) is 34.9 Å². The van der Waals surface area contributed by atoms with Gasteiger partial charge in [0.05, 0.1) is 6.04 Å². The number of ether oxygens (including phenoxy) is 3. The quantitative estimate of drug-likeness (QED) is 0.0612. The Morgan fingerprint density at radius 2 is 1.31 bits per heavy atom. The van der Waals surface area contributed by atoms with Crippen LogP contribution < -0.4 is 16.0 Å². The maximum absolute atomic E-state index is 14.9. The average Bonchev–Trinajstić information content (AvgIpc) is 3.48. The number of benzene rings is 1. The Hall–Kier alpha value is -5.08. The van der Waals surface area contributed by atoms with Crippen LogP contribution in [0.4, 0.5) is 9.59 Å².